The van der Waals surface area contributed by atoms with Gasteiger partial charge in [0, 0.05) is 30.4 Å². The molecule has 41 heavy (non-hydrogen) atoms. The topological polar surface area (TPSA) is 63.7 Å². The maximum Gasteiger partial charge on any atom is 0.258 e. The van der Waals surface area contributed by atoms with Crippen molar-refractivity contribution in [3.05, 3.63) is 101 Å². The first-order chi connectivity index (χ1) is 19.9. The molecule has 4 aromatic rings. The first-order valence-corrected chi connectivity index (χ1v) is 14.5. The van der Waals surface area contributed by atoms with E-state index in [0.29, 0.717) is 46.7 Å². The number of fused-ring (bicyclic) bond motifs is 1. The summed E-state index contributed by atoms with van der Waals surface area (Å²) in [6.07, 6.45) is 4.00. The number of hydrogen-bond donors (Lipinski definition) is 1. The summed E-state index contributed by atoms with van der Waals surface area (Å²) in [7, 11) is 1.68. The van der Waals surface area contributed by atoms with Crippen molar-refractivity contribution < 1.29 is 18.7 Å². The van der Waals surface area contributed by atoms with E-state index in [0.717, 1.165) is 17.5 Å². The van der Waals surface area contributed by atoms with Gasteiger partial charge < -0.3 is 19.1 Å². The molecule has 0 radical (unpaired) electrons. The zero-order valence-electron chi connectivity index (χ0n) is 23.7. The molecule has 1 aromatic heterocycles. The van der Waals surface area contributed by atoms with Crippen LogP contribution in [-0.2, 0) is 9.47 Å². The van der Waals surface area contributed by atoms with Crippen LogP contribution >= 0.6 is 23.5 Å². The fourth-order valence-electron chi connectivity index (χ4n) is 3.63. The normalized spacial score (nSPS) is 12.8. The number of methoxy groups -OCH3 is 1. The first-order valence-electron chi connectivity index (χ1n) is 13.2. The van der Waals surface area contributed by atoms with Crippen LogP contribution < -0.4 is 9.62 Å². The number of ether oxygens (including phenoxy) is 2. The number of nitrogens with one attached hydrogen (secondary N) is 1. The zero-order chi connectivity index (χ0) is 29.6. The fourth-order valence-corrected chi connectivity index (χ4v) is 4.63. The molecule has 2 heterocycles. The Bertz CT molecular complexity index is 1460. The lowest BCUT2D eigenvalue weighted by atomic mass is 10.1. The number of anilines is 2. The van der Waals surface area contributed by atoms with Gasteiger partial charge in [0.2, 0.25) is 0 Å². The molecule has 0 unspecified atom stereocenters. The van der Waals surface area contributed by atoms with Crippen molar-refractivity contribution >= 4 is 51.7 Å². The molecule has 1 saturated heterocycles. The van der Waals surface area contributed by atoms with Crippen molar-refractivity contribution in [2.75, 3.05) is 42.4 Å². The van der Waals surface area contributed by atoms with Gasteiger partial charge in [0.25, 0.3) is 5.91 Å². The average molecular weight is 596 g/mol. The second kappa shape index (κ2) is 16.7. The van der Waals surface area contributed by atoms with E-state index in [4.69, 9.17) is 16.3 Å². The van der Waals surface area contributed by atoms with Gasteiger partial charge in [-0.3, -0.25) is 4.79 Å². The van der Waals surface area contributed by atoms with Crippen LogP contribution in [0.2, 0.25) is 5.02 Å². The molecule has 1 fully saturated rings. The summed E-state index contributed by atoms with van der Waals surface area (Å²) < 4.78 is 26.6. The molecule has 1 aliphatic rings. The predicted molar refractivity (Wildman–Crippen MR) is 170 cm³/mol. The molecule has 216 valence electrons. The largest absolute Gasteiger partial charge is 0.385 e. The number of halogens is 2. The minimum atomic E-state index is -0.581. The van der Waals surface area contributed by atoms with Gasteiger partial charge in [0.1, 0.15) is 11.8 Å². The van der Waals surface area contributed by atoms with Crippen LogP contribution in [0, 0.1) is 5.82 Å². The van der Waals surface area contributed by atoms with E-state index >= 15 is 0 Å². The quantitative estimate of drug-likeness (QED) is 0.184. The number of aromatic nitrogens is 1. The third-order valence-electron chi connectivity index (χ3n) is 5.94. The summed E-state index contributed by atoms with van der Waals surface area (Å²) >= 11 is 7.89. The summed E-state index contributed by atoms with van der Waals surface area (Å²) in [5.41, 5.74) is 3.39. The molecule has 0 saturated carbocycles. The SMILES string of the molecule is C/C=C\C.CCOC.O=C(Nc1ccc(Cl)c(-c2ccc3ccccc3n2)c1)c1ccc(N2CCOCS2)cc1F. The number of para-hydroxylation sites is 1. The lowest BCUT2D eigenvalue weighted by Gasteiger charge is -2.27. The summed E-state index contributed by atoms with van der Waals surface area (Å²) in [5, 5.41) is 4.30. The van der Waals surface area contributed by atoms with Crippen molar-refractivity contribution in [3.63, 3.8) is 0 Å². The molecule has 0 atom stereocenters. The highest BCUT2D eigenvalue weighted by atomic mass is 35.5. The molecule has 6 nitrogen and oxygen atoms in total. The minimum absolute atomic E-state index is 0.0302. The zero-order valence-corrected chi connectivity index (χ0v) is 25.3. The Morgan fingerprint density at radius 1 is 1.12 bits per heavy atom. The van der Waals surface area contributed by atoms with Crippen LogP contribution in [0.1, 0.15) is 31.1 Å². The number of pyridine rings is 1. The Labute approximate surface area is 250 Å². The van der Waals surface area contributed by atoms with Gasteiger partial charge in [-0.1, -0.05) is 48.0 Å². The molecule has 1 amide bonds. The molecular formula is C32H35ClFN3O3S. The molecule has 3 aromatic carbocycles. The van der Waals surface area contributed by atoms with E-state index in [-0.39, 0.29) is 5.56 Å². The van der Waals surface area contributed by atoms with Crippen LogP contribution in [-0.4, -0.2) is 43.7 Å². The monoisotopic (exact) mass is 595 g/mol. The van der Waals surface area contributed by atoms with Gasteiger partial charge in [-0.05, 0) is 81.3 Å². The Balaban J connectivity index is 0.000000515. The van der Waals surface area contributed by atoms with Crippen LogP contribution in [0.5, 0.6) is 0 Å². The standard InChI is InChI=1S/C25H19ClFN3O2S.C4H8.C3H8O/c26-21-9-6-17(13-20(21)24-10-5-16-3-1-2-4-23(16)29-24)28-25(31)19-8-7-18(14-22(19)27)30-11-12-32-15-33-30;2*1-3-4-2/h1-10,13-14H,11-12,15H2,(H,28,31);3-4H,1-2H3;3H2,1-2H3/b;4-3-;. The van der Waals surface area contributed by atoms with Crippen LogP contribution in [0.25, 0.3) is 22.2 Å². The van der Waals surface area contributed by atoms with Crippen molar-refractivity contribution in [2.24, 2.45) is 0 Å². The average Bonchev–Trinajstić information content (AvgIpc) is 3.02. The number of benzene rings is 3. The lowest BCUT2D eigenvalue weighted by Crippen LogP contribution is -2.26. The Morgan fingerprint density at radius 2 is 1.88 bits per heavy atom. The maximum absolute atomic E-state index is 14.8. The van der Waals surface area contributed by atoms with Crippen molar-refractivity contribution in [1.82, 2.24) is 4.98 Å². The minimum Gasteiger partial charge on any atom is -0.385 e. The van der Waals surface area contributed by atoms with E-state index in [9.17, 15) is 9.18 Å². The third-order valence-corrected chi connectivity index (χ3v) is 7.24. The van der Waals surface area contributed by atoms with Crippen molar-refractivity contribution in [3.8, 4) is 11.3 Å². The molecule has 9 heteroatoms. The Kier molecular flexibility index (Phi) is 13.1. The predicted octanol–water partition coefficient (Wildman–Crippen LogP) is 8.62. The van der Waals surface area contributed by atoms with E-state index in [1.54, 1.807) is 31.4 Å². The first kappa shape index (κ1) is 32.1. The second-order valence-corrected chi connectivity index (χ2v) is 10.0. The highest BCUT2D eigenvalue weighted by Crippen LogP contribution is 2.31. The van der Waals surface area contributed by atoms with Gasteiger partial charge in [-0.25, -0.2) is 9.37 Å². The van der Waals surface area contributed by atoms with E-state index in [1.807, 2.05) is 73.6 Å². The molecule has 0 aliphatic carbocycles. The number of hydrogen-bond acceptors (Lipinski definition) is 6. The number of nitrogens with zero attached hydrogens (tertiary/aromatic N) is 2. The van der Waals surface area contributed by atoms with Crippen molar-refractivity contribution in [2.45, 2.75) is 20.8 Å². The number of amides is 1. The van der Waals surface area contributed by atoms with Gasteiger partial charge in [-0.2, -0.15) is 0 Å². The molecule has 0 bridgehead atoms. The molecule has 1 N–H and O–H groups in total. The number of allylic oxidation sites excluding steroid dienone is 2. The Morgan fingerprint density at radius 3 is 2.54 bits per heavy atom. The summed E-state index contributed by atoms with van der Waals surface area (Å²) in [6, 6.07) is 21.4. The van der Waals surface area contributed by atoms with E-state index in [2.05, 4.69) is 15.0 Å². The second-order valence-electron chi connectivity index (χ2n) is 8.70. The van der Waals surface area contributed by atoms with E-state index in [1.165, 1.54) is 24.1 Å². The van der Waals surface area contributed by atoms with Crippen LogP contribution in [0.4, 0.5) is 15.8 Å². The van der Waals surface area contributed by atoms with Crippen molar-refractivity contribution in [1.29, 1.82) is 0 Å². The third kappa shape index (κ3) is 9.30. The van der Waals surface area contributed by atoms with Gasteiger partial charge >= 0.3 is 0 Å². The van der Waals surface area contributed by atoms with Crippen LogP contribution in [0.3, 0.4) is 0 Å². The summed E-state index contributed by atoms with van der Waals surface area (Å²) in [5.74, 6) is -0.592. The maximum atomic E-state index is 14.8. The summed E-state index contributed by atoms with van der Waals surface area (Å²) in [6.45, 7) is 8.02. The molecule has 1 aliphatic heterocycles. The highest BCUT2D eigenvalue weighted by molar-refractivity contribution is 8.00. The number of carbonyl (C=O) groups excluding carboxylic acids is 1. The smallest absolute Gasteiger partial charge is 0.258 e. The summed E-state index contributed by atoms with van der Waals surface area (Å²) in [4.78, 5) is 17.5. The molecular weight excluding hydrogens is 561 g/mol. The number of carbonyl (C=O) groups is 1. The molecule has 5 rings (SSSR count). The molecule has 0 spiro atoms. The van der Waals surface area contributed by atoms with E-state index < -0.39 is 11.7 Å². The van der Waals surface area contributed by atoms with Gasteiger partial charge in [0.15, 0.2) is 0 Å². The number of rotatable bonds is 5. The Hall–Kier alpha value is -3.43. The fraction of sp³-hybridized carbons (Fsp3) is 0.250. The van der Waals surface area contributed by atoms with Gasteiger partial charge in [-0.15, -0.1) is 0 Å². The lowest BCUT2D eigenvalue weighted by molar-refractivity contribution is 0.102. The van der Waals surface area contributed by atoms with Gasteiger partial charge in [0.05, 0.1) is 40.6 Å². The highest BCUT2D eigenvalue weighted by Gasteiger charge is 2.18. The van der Waals surface area contributed by atoms with Crippen LogP contribution in [0.15, 0.2) is 84.9 Å².